The van der Waals surface area contributed by atoms with Gasteiger partial charge >= 0.3 is 6.18 Å². The predicted octanol–water partition coefficient (Wildman–Crippen LogP) is 5.42. The summed E-state index contributed by atoms with van der Waals surface area (Å²) in [6, 6.07) is 7.56. The fraction of sp³-hybridized carbons (Fsp3) is 0.200. The van der Waals surface area contributed by atoms with Crippen LogP contribution in [0.5, 0.6) is 0 Å². The standard InChI is InChI=1S/C15H12ClF4N/c1-9-2-3-10(12(16)6-9)8-21-14-7-11(15(18,19)20)4-5-13(14)17/h2-7,21H,8H2,1H3. The van der Waals surface area contributed by atoms with Gasteiger partial charge in [-0.3, -0.25) is 0 Å². The number of hydrogen-bond acceptors (Lipinski definition) is 1. The molecule has 2 rings (SSSR count). The maximum Gasteiger partial charge on any atom is 0.416 e. The van der Waals surface area contributed by atoms with Gasteiger partial charge in [0.1, 0.15) is 5.82 Å². The van der Waals surface area contributed by atoms with Gasteiger partial charge in [-0.25, -0.2) is 4.39 Å². The van der Waals surface area contributed by atoms with E-state index in [4.69, 9.17) is 11.6 Å². The SMILES string of the molecule is Cc1ccc(CNc2cc(C(F)(F)F)ccc2F)c(Cl)c1. The van der Waals surface area contributed by atoms with Crippen molar-refractivity contribution < 1.29 is 17.6 Å². The van der Waals surface area contributed by atoms with Crippen LogP contribution in [0, 0.1) is 12.7 Å². The fourth-order valence-corrected chi connectivity index (χ4v) is 2.13. The average molecular weight is 318 g/mol. The monoisotopic (exact) mass is 317 g/mol. The molecule has 0 aromatic heterocycles. The van der Waals surface area contributed by atoms with Crippen LogP contribution < -0.4 is 5.32 Å². The maximum atomic E-state index is 13.6. The minimum Gasteiger partial charge on any atom is -0.379 e. The van der Waals surface area contributed by atoms with Crippen molar-refractivity contribution >= 4 is 17.3 Å². The Morgan fingerprint density at radius 1 is 1.10 bits per heavy atom. The topological polar surface area (TPSA) is 12.0 Å². The van der Waals surface area contributed by atoms with E-state index in [1.807, 2.05) is 13.0 Å². The zero-order valence-electron chi connectivity index (χ0n) is 11.1. The number of hydrogen-bond donors (Lipinski definition) is 1. The van der Waals surface area contributed by atoms with Crippen molar-refractivity contribution in [3.63, 3.8) is 0 Å². The molecule has 0 aliphatic heterocycles. The van der Waals surface area contributed by atoms with E-state index >= 15 is 0 Å². The number of rotatable bonds is 3. The van der Waals surface area contributed by atoms with Crippen molar-refractivity contribution in [1.29, 1.82) is 0 Å². The highest BCUT2D eigenvalue weighted by Crippen LogP contribution is 2.32. The van der Waals surface area contributed by atoms with Crippen LogP contribution in [-0.4, -0.2) is 0 Å². The molecule has 0 fully saturated rings. The lowest BCUT2D eigenvalue weighted by Crippen LogP contribution is -2.08. The molecule has 0 unspecified atom stereocenters. The van der Waals surface area contributed by atoms with Gasteiger partial charge in [0.15, 0.2) is 0 Å². The van der Waals surface area contributed by atoms with Crippen LogP contribution in [0.2, 0.25) is 5.02 Å². The molecule has 0 amide bonds. The van der Waals surface area contributed by atoms with E-state index in [1.165, 1.54) is 0 Å². The van der Waals surface area contributed by atoms with Gasteiger partial charge < -0.3 is 5.32 Å². The molecule has 2 aromatic carbocycles. The van der Waals surface area contributed by atoms with Crippen LogP contribution in [0.3, 0.4) is 0 Å². The minimum atomic E-state index is -4.51. The van der Waals surface area contributed by atoms with Crippen LogP contribution in [0.1, 0.15) is 16.7 Å². The molecular formula is C15H12ClF4N. The van der Waals surface area contributed by atoms with Crippen LogP contribution in [0.15, 0.2) is 36.4 Å². The molecule has 21 heavy (non-hydrogen) atoms. The Balaban J connectivity index is 2.19. The van der Waals surface area contributed by atoms with E-state index in [2.05, 4.69) is 5.32 Å². The molecule has 0 saturated heterocycles. The zero-order valence-corrected chi connectivity index (χ0v) is 11.8. The summed E-state index contributed by atoms with van der Waals surface area (Å²) in [4.78, 5) is 0. The maximum absolute atomic E-state index is 13.6. The summed E-state index contributed by atoms with van der Waals surface area (Å²) in [5.74, 6) is -0.744. The second kappa shape index (κ2) is 5.93. The Kier molecular flexibility index (Phi) is 4.42. The molecule has 0 saturated carbocycles. The molecule has 112 valence electrons. The molecule has 0 radical (unpaired) electrons. The van der Waals surface area contributed by atoms with Gasteiger partial charge in [-0.1, -0.05) is 23.7 Å². The molecule has 0 atom stereocenters. The van der Waals surface area contributed by atoms with Crippen molar-refractivity contribution in [2.24, 2.45) is 0 Å². The van der Waals surface area contributed by atoms with Gasteiger partial charge in [0, 0.05) is 11.6 Å². The molecule has 1 N–H and O–H groups in total. The summed E-state index contributed by atoms with van der Waals surface area (Å²) in [7, 11) is 0. The highest BCUT2D eigenvalue weighted by molar-refractivity contribution is 6.31. The first kappa shape index (κ1) is 15.6. The van der Waals surface area contributed by atoms with Crippen molar-refractivity contribution in [1.82, 2.24) is 0 Å². The van der Waals surface area contributed by atoms with E-state index in [-0.39, 0.29) is 12.2 Å². The van der Waals surface area contributed by atoms with Crippen molar-refractivity contribution in [3.05, 3.63) is 63.9 Å². The van der Waals surface area contributed by atoms with Crippen molar-refractivity contribution in [2.75, 3.05) is 5.32 Å². The predicted molar refractivity (Wildman–Crippen MR) is 74.9 cm³/mol. The van der Waals surface area contributed by atoms with Crippen LogP contribution in [0.4, 0.5) is 23.2 Å². The van der Waals surface area contributed by atoms with Gasteiger partial charge in [-0.05, 0) is 42.3 Å². The highest BCUT2D eigenvalue weighted by Gasteiger charge is 2.31. The number of halogens is 5. The van der Waals surface area contributed by atoms with Gasteiger partial charge in [0.05, 0.1) is 11.3 Å². The number of benzene rings is 2. The van der Waals surface area contributed by atoms with E-state index in [0.717, 1.165) is 17.7 Å². The summed E-state index contributed by atoms with van der Waals surface area (Å²) >= 11 is 6.03. The van der Waals surface area contributed by atoms with Crippen molar-refractivity contribution in [2.45, 2.75) is 19.6 Å². The fourth-order valence-electron chi connectivity index (χ4n) is 1.82. The Morgan fingerprint density at radius 3 is 2.43 bits per heavy atom. The normalized spacial score (nSPS) is 11.5. The highest BCUT2D eigenvalue weighted by atomic mass is 35.5. The largest absolute Gasteiger partial charge is 0.416 e. The second-order valence-electron chi connectivity index (χ2n) is 4.64. The third kappa shape index (κ3) is 3.88. The quantitative estimate of drug-likeness (QED) is 0.745. The smallest absolute Gasteiger partial charge is 0.379 e. The Bertz CT molecular complexity index is 653. The second-order valence-corrected chi connectivity index (χ2v) is 5.05. The Morgan fingerprint density at radius 2 is 1.81 bits per heavy atom. The first-order chi connectivity index (χ1) is 9.77. The van der Waals surface area contributed by atoms with Crippen molar-refractivity contribution in [3.8, 4) is 0 Å². The minimum absolute atomic E-state index is 0.136. The van der Waals surface area contributed by atoms with Gasteiger partial charge in [-0.2, -0.15) is 13.2 Å². The average Bonchev–Trinajstić information content (AvgIpc) is 2.38. The summed E-state index contributed by atoms with van der Waals surface area (Å²) in [6.07, 6.45) is -4.51. The van der Waals surface area contributed by atoms with Gasteiger partial charge in [0.25, 0.3) is 0 Å². The number of aryl methyl sites for hydroxylation is 1. The molecule has 0 heterocycles. The Labute approximate surface area is 124 Å². The van der Waals surface area contributed by atoms with Gasteiger partial charge in [-0.15, -0.1) is 0 Å². The summed E-state index contributed by atoms with van der Waals surface area (Å²) in [5.41, 5.74) is 0.538. The summed E-state index contributed by atoms with van der Waals surface area (Å²) in [6.45, 7) is 2.01. The number of alkyl halides is 3. The number of anilines is 1. The summed E-state index contributed by atoms with van der Waals surface area (Å²) in [5, 5.41) is 3.12. The zero-order chi connectivity index (χ0) is 15.6. The van der Waals surface area contributed by atoms with Crippen LogP contribution in [-0.2, 0) is 12.7 Å². The van der Waals surface area contributed by atoms with E-state index in [9.17, 15) is 17.6 Å². The lowest BCUT2D eigenvalue weighted by molar-refractivity contribution is -0.137. The molecule has 6 heteroatoms. The van der Waals surface area contributed by atoms with Gasteiger partial charge in [0.2, 0.25) is 0 Å². The first-order valence-corrected chi connectivity index (χ1v) is 6.51. The van der Waals surface area contributed by atoms with E-state index in [1.54, 1.807) is 12.1 Å². The van der Waals surface area contributed by atoms with E-state index < -0.39 is 17.6 Å². The van der Waals surface area contributed by atoms with Crippen LogP contribution in [0.25, 0.3) is 0 Å². The Hall–Kier alpha value is -1.75. The molecular weight excluding hydrogens is 306 g/mol. The molecule has 0 aliphatic carbocycles. The van der Waals surface area contributed by atoms with E-state index in [0.29, 0.717) is 16.7 Å². The molecule has 0 spiro atoms. The lowest BCUT2D eigenvalue weighted by atomic mass is 10.1. The lowest BCUT2D eigenvalue weighted by Gasteiger charge is -2.12. The molecule has 1 nitrogen and oxygen atoms in total. The third-order valence-electron chi connectivity index (χ3n) is 2.97. The summed E-state index contributed by atoms with van der Waals surface area (Å²) < 4.78 is 51.4. The number of nitrogens with one attached hydrogen (secondary N) is 1. The van der Waals surface area contributed by atoms with Crippen LogP contribution >= 0.6 is 11.6 Å². The third-order valence-corrected chi connectivity index (χ3v) is 3.32. The molecule has 0 bridgehead atoms. The first-order valence-electron chi connectivity index (χ1n) is 6.13. The molecule has 2 aromatic rings. The molecule has 0 aliphatic rings.